The van der Waals surface area contributed by atoms with Crippen molar-refractivity contribution in [2.24, 2.45) is 0 Å². The minimum atomic E-state index is -0.807. The first-order valence-electron chi connectivity index (χ1n) is 7.83. The van der Waals surface area contributed by atoms with Crippen LogP contribution in [0.4, 0.5) is 0 Å². The Labute approximate surface area is 130 Å². The number of fused-ring (bicyclic) bond motifs is 2. The van der Waals surface area contributed by atoms with Gasteiger partial charge in [0.2, 0.25) is 0 Å². The maximum Gasteiger partial charge on any atom is 0.182 e. The van der Waals surface area contributed by atoms with Crippen molar-refractivity contribution in [3.05, 3.63) is 65.5 Å². The van der Waals surface area contributed by atoms with Crippen LogP contribution < -0.4 is 0 Å². The van der Waals surface area contributed by atoms with E-state index in [4.69, 9.17) is 4.74 Å². The van der Waals surface area contributed by atoms with Gasteiger partial charge in [0.1, 0.15) is 5.60 Å². The number of hydrogen-bond acceptors (Lipinski definition) is 4. The third-order valence-electron chi connectivity index (χ3n) is 4.86. The van der Waals surface area contributed by atoms with Crippen LogP contribution in [0.15, 0.2) is 48.8 Å². The van der Waals surface area contributed by atoms with Crippen molar-refractivity contribution in [3.63, 3.8) is 0 Å². The van der Waals surface area contributed by atoms with Gasteiger partial charge in [-0.3, -0.25) is 9.88 Å². The third-order valence-corrected chi connectivity index (χ3v) is 4.86. The second-order valence-corrected chi connectivity index (χ2v) is 6.19. The van der Waals surface area contributed by atoms with Crippen molar-refractivity contribution in [2.45, 2.75) is 31.3 Å². The van der Waals surface area contributed by atoms with Gasteiger partial charge < -0.3 is 9.84 Å². The quantitative estimate of drug-likeness (QED) is 0.925. The molecule has 4 rings (SSSR count). The standard InChI is InChI=1S/C18H20N2O2/c21-17-15-6-9-19-12-16(15)18(22-17)7-10-20(11-8-18)13-14-4-2-1-3-5-14/h1-6,9,12,17,21H,7-8,10-11,13H2. The van der Waals surface area contributed by atoms with Gasteiger partial charge in [-0.15, -0.1) is 0 Å². The molecule has 1 saturated heterocycles. The summed E-state index contributed by atoms with van der Waals surface area (Å²) < 4.78 is 5.95. The number of nitrogens with zero attached hydrogens (tertiary/aromatic N) is 2. The lowest BCUT2D eigenvalue weighted by Gasteiger charge is -2.39. The smallest absolute Gasteiger partial charge is 0.182 e. The molecule has 0 saturated carbocycles. The largest absolute Gasteiger partial charge is 0.364 e. The molecule has 4 heteroatoms. The van der Waals surface area contributed by atoms with Gasteiger partial charge in [-0.25, -0.2) is 0 Å². The van der Waals surface area contributed by atoms with Crippen molar-refractivity contribution in [3.8, 4) is 0 Å². The lowest BCUT2D eigenvalue weighted by molar-refractivity contribution is -0.189. The zero-order valence-electron chi connectivity index (χ0n) is 12.5. The number of ether oxygens (including phenoxy) is 1. The highest BCUT2D eigenvalue weighted by Crippen LogP contribution is 2.47. The van der Waals surface area contributed by atoms with Crippen LogP contribution in [0.1, 0.15) is 35.8 Å². The Balaban J connectivity index is 1.48. The maximum absolute atomic E-state index is 10.1. The first-order valence-corrected chi connectivity index (χ1v) is 7.83. The first kappa shape index (κ1) is 13.9. The monoisotopic (exact) mass is 296 g/mol. The van der Waals surface area contributed by atoms with Crippen LogP contribution in [0.25, 0.3) is 0 Å². The van der Waals surface area contributed by atoms with E-state index >= 15 is 0 Å². The Morgan fingerprint density at radius 3 is 2.73 bits per heavy atom. The molecule has 2 aromatic rings. The summed E-state index contributed by atoms with van der Waals surface area (Å²) in [6.07, 6.45) is 4.57. The predicted octanol–water partition coefficient (Wildman–Crippen LogP) is 2.59. The highest BCUT2D eigenvalue weighted by molar-refractivity contribution is 5.35. The average Bonchev–Trinajstić information content (AvgIpc) is 2.84. The second-order valence-electron chi connectivity index (χ2n) is 6.19. The molecule has 3 heterocycles. The van der Waals surface area contributed by atoms with E-state index in [-0.39, 0.29) is 5.60 Å². The zero-order chi connectivity index (χ0) is 15.0. The Bertz CT molecular complexity index is 651. The number of piperidine rings is 1. The van der Waals surface area contributed by atoms with Crippen molar-refractivity contribution in [1.82, 2.24) is 9.88 Å². The summed E-state index contributed by atoms with van der Waals surface area (Å²) in [7, 11) is 0. The molecule has 1 fully saturated rings. The molecule has 0 amide bonds. The van der Waals surface area contributed by atoms with Crippen LogP contribution >= 0.6 is 0 Å². The third kappa shape index (κ3) is 2.33. The Morgan fingerprint density at radius 2 is 1.95 bits per heavy atom. The van der Waals surface area contributed by atoms with E-state index in [9.17, 15) is 5.11 Å². The molecular weight excluding hydrogens is 276 g/mol. The summed E-state index contributed by atoms with van der Waals surface area (Å²) in [6.45, 7) is 2.91. The highest BCUT2D eigenvalue weighted by Gasteiger charge is 2.46. The van der Waals surface area contributed by atoms with Gasteiger partial charge >= 0.3 is 0 Å². The van der Waals surface area contributed by atoms with E-state index in [0.717, 1.165) is 43.6 Å². The molecule has 1 spiro atoms. The van der Waals surface area contributed by atoms with E-state index in [0.29, 0.717) is 0 Å². The van der Waals surface area contributed by atoms with Crippen LogP contribution in [-0.4, -0.2) is 28.1 Å². The lowest BCUT2D eigenvalue weighted by atomic mass is 9.84. The number of rotatable bonds is 2. The van der Waals surface area contributed by atoms with Crippen molar-refractivity contribution >= 4 is 0 Å². The number of benzene rings is 1. The Morgan fingerprint density at radius 1 is 1.18 bits per heavy atom. The lowest BCUT2D eigenvalue weighted by Crippen LogP contribution is -2.42. The molecule has 2 aliphatic rings. The fourth-order valence-electron chi connectivity index (χ4n) is 3.64. The zero-order valence-corrected chi connectivity index (χ0v) is 12.5. The molecule has 0 radical (unpaired) electrons. The van der Waals surface area contributed by atoms with Crippen LogP contribution in [0.3, 0.4) is 0 Å². The number of aliphatic hydroxyl groups excluding tert-OH is 1. The normalized spacial score (nSPS) is 23.6. The van der Waals surface area contributed by atoms with E-state index < -0.39 is 6.29 Å². The fourth-order valence-corrected chi connectivity index (χ4v) is 3.64. The Kier molecular flexibility index (Phi) is 3.45. The molecular formula is C18H20N2O2. The highest BCUT2D eigenvalue weighted by atomic mass is 16.6. The molecule has 0 aliphatic carbocycles. The first-order chi connectivity index (χ1) is 10.8. The molecule has 0 bridgehead atoms. The molecule has 1 aromatic heterocycles. The van der Waals surface area contributed by atoms with Crippen molar-refractivity contribution < 1.29 is 9.84 Å². The number of aliphatic hydroxyl groups is 1. The second kappa shape index (κ2) is 5.47. The van der Waals surface area contributed by atoms with Gasteiger partial charge in [0.15, 0.2) is 6.29 Å². The summed E-state index contributed by atoms with van der Waals surface area (Å²) in [5.41, 5.74) is 2.94. The van der Waals surface area contributed by atoms with Crippen LogP contribution in [0, 0.1) is 0 Å². The predicted molar refractivity (Wildman–Crippen MR) is 82.9 cm³/mol. The van der Waals surface area contributed by atoms with Gasteiger partial charge in [-0.1, -0.05) is 30.3 Å². The topological polar surface area (TPSA) is 45.6 Å². The fraction of sp³-hybridized carbons (Fsp3) is 0.389. The van der Waals surface area contributed by atoms with Crippen LogP contribution in [0.5, 0.6) is 0 Å². The number of likely N-dealkylation sites (tertiary alicyclic amines) is 1. The molecule has 22 heavy (non-hydrogen) atoms. The summed E-state index contributed by atoms with van der Waals surface area (Å²) in [6, 6.07) is 12.4. The van der Waals surface area contributed by atoms with Gasteiger partial charge in [0, 0.05) is 43.2 Å². The molecule has 1 aromatic carbocycles. The summed E-state index contributed by atoms with van der Waals surface area (Å²) >= 11 is 0. The number of hydrogen-bond donors (Lipinski definition) is 1. The van der Waals surface area contributed by atoms with E-state index in [1.165, 1.54) is 5.56 Å². The molecule has 1 N–H and O–H groups in total. The van der Waals surface area contributed by atoms with E-state index in [1.807, 2.05) is 18.3 Å². The van der Waals surface area contributed by atoms with Crippen LogP contribution in [-0.2, 0) is 16.9 Å². The molecule has 1 atom stereocenters. The van der Waals surface area contributed by atoms with Crippen LogP contribution in [0.2, 0.25) is 0 Å². The minimum absolute atomic E-state index is 0.351. The maximum atomic E-state index is 10.1. The summed E-state index contributed by atoms with van der Waals surface area (Å²) in [4.78, 5) is 6.67. The van der Waals surface area contributed by atoms with Crippen molar-refractivity contribution in [1.29, 1.82) is 0 Å². The molecule has 114 valence electrons. The van der Waals surface area contributed by atoms with Gasteiger partial charge in [-0.05, 0) is 24.5 Å². The number of aromatic nitrogens is 1. The average molecular weight is 296 g/mol. The summed E-state index contributed by atoms with van der Waals surface area (Å²) in [5.74, 6) is 0. The minimum Gasteiger partial charge on any atom is -0.364 e. The van der Waals surface area contributed by atoms with Crippen molar-refractivity contribution in [2.75, 3.05) is 13.1 Å². The van der Waals surface area contributed by atoms with Gasteiger partial charge in [0.05, 0.1) is 0 Å². The Hall–Kier alpha value is -1.75. The summed E-state index contributed by atoms with van der Waals surface area (Å²) in [5, 5.41) is 10.1. The molecule has 2 aliphatic heterocycles. The number of pyridine rings is 1. The van der Waals surface area contributed by atoms with Gasteiger partial charge in [0.25, 0.3) is 0 Å². The van der Waals surface area contributed by atoms with Gasteiger partial charge in [-0.2, -0.15) is 0 Å². The van der Waals surface area contributed by atoms with E-state index in [1.54, 1.807) is 6.20 Å². The SMILES string of the molecule is OC1OC2(CCN(Cc3ccccc3)CC2)c2cnccc21. The molecule has 4 nitrogen and oxygen atoms in total. The van der Waals surface area contributed by atoms with E-state index in [2.05, 4.69) is 34.1 Å². The molecule has 1 unspecified atom stereocenters.